The van der Waals surface area contributed by atoms with Crippen LogP contribution < -0.4 is 10.4 Å². The van der Waals surface area contributed by atoms with E-state index in [4.69, 9.17) is 28.5 Å². The van der Waals surface area contributed by atoms with E-state index in [2.05, 4.69) is 88.4 Å². The first-order valence-electron chi connectivity index (χ1n) is 18.2. The molecule has 2 fully saturated rings. The molecular weight excluding hydrogens is 621 g/mol. The van der Waals surface area contributed by atoms with Gasteiger partial charge in [-0.2, -0.15) is 0 Å². The highest BCUT2D eigenvalue weighted by molar-refractivity contribution is 6.99. The number of ketones is 1. The zero-order valence-electron chi connectivity index (χ0n) is 30.8. The fourth-order valence-corrected chi connectivity index (χ4v) is 12.3. The van der Waals surface area contributed by atoms with E-state index in [0.29, 0.717) is 32.3 Å². The zero-order valence-corrected chi connectivity index (χ0v) is 31.8. The summed E-state index contributed by atoms with van der Waals surface area (Å²) in [5.74, 6) is -0.933. The first-order chi connectivity index (χ1) is 22.7. The Balaban J connectivity index is 1.34. The van der Waals surface area contributed by atoms with Crippen molar-refractivity contribution < 1.29 is 33.3 Å². The predicted octanol–water partition coefficient (Wildman–Crippen LogP) is 7.31. The topological polar surface area (TPSA) is 83.5 Å². The number of carbonyl (C=O) groups is 1. The van der Waals surface area contributed by atoms with Gasteiger partial charge >= 0.3 is 0 Å². The second-order valence-electron chi connectivity index (χ2n) is 15.9. The molecule has 268 valence electrons. The highest BCUT2D eigenvalue weighted by Crippen LogP contribution is 2.39. The zero-order chi connectivity index (χ0) is 35.0. The van der Waals surface area contributed by atoms with Crippen LogP contribution >= 0.6 is 0 Å². The minimum Gasteiger partial charge on any atom is -0.407 e. The first kappa shape index (κ1) is 38.9. The SMILES string of the molecule is C[C@H](CCC(=O)CC[C@H]1C[C@H](CCCCO)OC(C)(C)O1)[C@H]1OC(C)(C)O[C@@H]1CCO[Si](c1ccccc1)(c1ccccc1)C(C)(C)C. The van der Waals surface area contributed by atoms with E-state index in [9.17, 15) is 4.79 Å². The molecule has 0 bridgehead atoms. The number of rotatable bonds is 17. The number of unbranched alkanes of at least 4 members (excludes halogenated alkanes) is 1. The Kier molecular flexibility index (Phi) is 13.7. The molecule has 0 aromatic heterocycles. The Morgan fingerprint density at radius 2 is 1.40 bits per heavy atom. The maximum absolute atomic E-state index is 13.1. The molecule has 0 saturated carbocycles. The van der Waals surface area contributed by atoms with Gasteiger partial charge in [0.05, 0.1) is 24.4 Å². The number of hydrogen-bond donors (Lipinski definition) is 1. The lowest BCUT2D eigenvalue weighted by Crippen LogP contribution is -2.66. The Morgan fingerprint density at radius 3 is 1.96 bits per heavy atom. The molecule has 2 aromatic carbocycles. The fraction of sp³-hybridized carbons (Fsp3) is 0.675. The monoisotopic (exact) mass is 682 g/mol. The summed E-state index contributed by atoms with van der Waals surface area (Å²) in [5.41, 5.74) is 0. The van der Waals surface area contributed by atoms with Crippen LogP contribution in [-0.2, 0) is 28.2 Å². The van der Waals surface area contributed by atoms with Crippen LogP contribution in [0.3, 0.4) is 0 Å². The molecular formula is C40H62O7Si. The van der Waals surface area contributed by atoms with Crippen LogP contribution in [0.5, 0.6) is 0 Å². The molecule has 5 atom stereocenters. The van der Waals surface area contributed by atoms with Crippen LogP contribution in [0.1, 0.15) is 113 Å². The predicted molar refractivity (Wildman–Crippen MR) is 194 cm³/mol. The molecule has 0 unspecified atom stereocenters. The van der Waals surface area contributed by atoms with Crippen molar-refractivity contribution in [2.75, 3.05) is 13.2 Å². The number of ether oxygens (including phenoxy) is 4. The lowest BCUT2D eigenvalue weighted by Gasteiger charge is -2.43. The van der Waals surface area contributed by atoms with Crippen molar-refractivity contribution in [3.8, 4) is 0 Å². The van der Waals surface area contributed by atoms with E-state index in [1.165, 1.54) is 10.4 Å². The lowest BCUT2D eigenvalue weighted by atomic mass is 9.91. The molecule has 0 amide bonds. The van der Waals surface area contributed by atoms with Gasteiger partial charge in [-0.3, -0.25) is 4.79 Å². The molecule has 0 radical (unpaired) electrons. The largest absolute Gasteiger partial charge is 0.407 e. The number of Topliss-reactive ketones (excluding diaryl/α,β-unsaturated/α-hetero) is 1. The molecule has 2 aliphatic rings. The van der Waals surface area contributed by atoms with Crippen molar-refractivity contribution in [1.82, 2.24) is 0 Å². The van der Waals surface area contributed by atoms with Crippen LogP contribution in [0.15, 0.2) is 60.7 Å². The van der Waals surface area contributed by atoms with Crippen LogP contribution in [0.25, 0.3) is 0 Å². The number of aliphatic hydroxyl groups excluding tert-OH is 1. The molecule has 2 heterocycles. The molecule has 4 rings (SSSR count). The van der Waals surface area contributed by atoms with Crippen molar-refractivity contribution in [3.05, 3.63) is 60.7 Å². The van der Waals surface area contributed by atoms with Crippen LogP contribution in [0.4, 0.5) is 0 Å². The van der Waals surface area contributed by atoms with Crippen LogP contribution in [0, 0.1) is 5.92 Å². The molecule has 7 nitrogen and oxygen atoms in total. The van der Waals surface area contributed by atoms with Crippen molar-refractivity contribution in [2.24, 2.45) is 5.92 Å². The maximum Gasteiger partial charge on any atom is 0.261 e. The lowest BCUT2D eigenvalue weighted by molar-refractivity contribution is -0.301. The van der Waals surface area contributed by atoms with Crippen LogP contribution in [-0.4, -0.2) is 68.4 Å². The second kappa shape index (κ2) is 16.9. The molecule has 2 saturated heterocycles. The number of aliphatic hydroxyl groups is 1. The molecule has 1 N–H and O–H groups in total. The Labute approximate surface area is 291 Å². The van der Waals surface area contributed by atoms with Crippen molar-refractivity contribution in [1.29, 1.82) is 0 Å². The number of carbonyl (C=O) groups excluding carboxylic acids is 1. The molecule has 0 aliphatic carbocycles. The van der Waals surface area contributed by atoms with Gasteiger partial charge in [0.2, 0.25) is 0 Å². The molecule has 8 heteroatoms. The number of hydrogen-bond acceptors (Lipinski definition) is 7. The van der Waals surface area contributed by atoms with Crippen molar-refractivity contribution in [3.63, 3.8) is 0 Å². The molecule has 2 aromatic rings. The van der Waals surface area contributed by atoms with Crippen molar-refractivity contribution >= 4 is 24.5 Å². The van der Waals surface area contributed by atoms with Gasteiger partial charge in [0.1, 0.15) is 5.78 Å². The second-order valence-corrected chi connectivity index (χ2v) is 20.2. The smallest absolute Gasteiger partial charge is 0.261 e. The molecule has 0 spiro atoms. The van der Waals surface area contributed by atoms with E-state index in [1.54, 1.807) is 0 Å². The standard InChI is InChI=1S/C40H62O7Si/c1-30(22-23-31(42)24-25-33-29-32(17-15-16-27-41)44-39(5,6)45-33)37-36(46-40(7,8)47-37)26-28-43-48(38(2,3)4,34-18-11-9-12-19-34)35-20-13-10-14-21-35/h9-14,18-21,30,32-33,36-37,41H,15-17,22-29H2,1-8H3/t30-,32+,33+,36-,37-/m1/s1. The highest BCUT2D eigenvalue weighted by atomic mass is 28.4. The molecule has 2 aliphatic heterocycles. The summed E-state index contributed by atoms with van der Waals surface area (Å²) >= 11 is 0. The van der Waals surface area contributed by atoms with Gasteiger partial charge in [-0.1, -0.05) is 88.4 Å². The van der Waals surface area contributed by atoms with Crippen molar-refractivity contribution in [2.45, 2.75) is 154 Å². The van der Waals surface area contributed by atoms with E-state index in [1.807, 2.05) is 27.7 Å². The van der Waals surface area contributed by atoms with E-state index >= 15 is 0 Å². The van der Waals surface area contributed by atoms with Gasteiger partial charge < -0.3 is 28.5 Å². The summed E-state index contributed by atoms with van der Waals surface area (Å²) in [6, 6.07) is 21.5. The van der Waals surface area contributed by atoms with E-state index in [0.717, 1.165) is 32.1 Å². The maximum atomic E-state index is 13.1. The third-order valence-corrected chi connectivity index (χ3v) is 14.9. The fourth-order valence-electron chi connectivity index (χ4n) is 7.72. The highest BCUT2D eigenvalue weighted by Gasteiger charge is 2.51. The summed E-state index contributed by atoms with van der Waals surface area (Å²) in [6.45, 7) is 17.7. The Bertz CT molecular complexity index is 1220. The summed E-state index contributed by atoms with van der Waals surface area (Å²) in [5, 5.41) is 11.6. The normalized spacial score (nSPS) is 24.8. The van der Waals surface area contributed by atoms with Crippen LogP contribution in [0.2, 0.25) is 5.04 Å². The van der Waals surface area contributed by atoms with Gasteiger partial charge in [-0.15, -0.1) is 0 Å². The van der Waals surface area contributed by atoms with Gasteiger partial charge in [0, 0.05) is 32.5 Å². The van der Waals surface area contributed by atoms with Gasteiger partial charge in [-0.05, 0) is 87.5 Å². The minimum atomic E-state index is -2.65. The average Bonchev–Trinajstić information content (AvgIpc) is 3.34. The van der Waals surface area contributed by atoms with E-state index in [-0.39, 0.29) is 47.8 Å². The summed E-state index contributed by atoms with van der Waals surface area (Å²) in [6.07, 6.45) is 6.44. The Morgan fingerprint density at radius 1 is 0.833 bits per heavy atom. The summed E-state index contributed by atoms with van der Waals surface area (Å²) in [4.78, 5) is 13.1. The van der Waals surface area contributed by atoms with Gasteiger partial charge in [0.15, 0.2) is 11.6 Å². The first-order valence-corrected chi connectivity index (χ1v) is 20.2. The number of benzene rings is 2. The third kappa shape index (κ3) is 10.3. The average molecular weight is 683 g/mol. The Hall–Kier alpha value is -1.91. The van der Waals surface area contributed by atoms with E-state index < -0.39 is 19.9 Å². The third-order valence-electron chi connectivity index (χ3n) is 9.90. The van der Waals surface area contributed by atoms with Gasteiger partial charge in [-0.25, -0.2) is 0 Å². The summed E-state index contributed by atoms with van der Waals surface area (Å²) in [7, 11) is -2.65. The summed E-state index contributed by atoms with van der Waals surface area (Å²) < 4.78 is 32.4. The minimum absolute atomic E-state index is 0.00142. The molecule has 48 heavy (non-hydrogen) atoms. The quantitative estimate of drug-likeness (QED) is 0.138. The van der Waals surface area contributed by atoms with Gasteiger partial charge in [0.25, 0.3) is 8.32 Å².